The van der Waals surface area contributed by atoms with Crippen LogP contribution in [0.3, 0.4) is 0 Å². The Labute approximate surface area is 444 Å². The van der Waals surface area contributed by atoms with E-state index in [2.05, 4.69) is 43.1 Å². The summed E-state index contributed by atoms with van der Waals surface area (Å²) in [5, 5.41) is 2.90. The summed E-state index contributed by atoms with van der Waals surface area (Å²) in [5.74, 6) is 2.37. The molecular weight excluding hydrogens is 977 g/mol. The standard InChI is InChI=1S/C56H72N8O10S/c1-8-19-71-20-13-57-52(65)36-75-56(4,5)12-11-53(66)62-16-14-61(15-17-62)18-21-72-43-24-39(34-73-50-28-46-44(26-48(50)69-6)54(67)63-32-37(9-2)22-41(63)30-58-46)60-40(25-43)35-74-51-29-47-45(27-49(51)70-7)55(68)64-33-38(10-3)23-42(64)31-59-47/h9-10,24-31,41-42H,8,11-23,32-36H2,1-7H3,(H,57,65)/b37-9+,38-10+/t41-,42-/m0/s1. The molecule has 3 fully saturated rings. The number of aliphatic imine (C=N–C) groups is 2. The van der Waals surface area contributed by atoms with E-state index in [1.165, 1.54) is 25.4 Å². The summed E-state index contributed by atoms with van der Waals surface area (Å²) in [4.78, 5) is 75.5. The molecule has 4 amide bonds. The predicted octanol–water partition coefficient (Wildman–Crippen LogP) is 7.37. The number of carbonyl (C=O) groups is 4. The van der Waals surface area contributed by atoms with Crippen LogP contribution in [0.1, 0.15) is 98.8 Å². The molecule has 3 saturated heterocycles. The van der Waals surface area contributed by atoms with Gasteiger partial charge in [0.05, 0.1) is 72.6 Å². The fourth-order valence-corrected chi connectivity index (χ4v) is 10.5. The van der Waals surface area contributed by atoms with E-state index in [1.807, 2.05) is 53.1 Å². The SMILES string of the molecule is C/C=C1\C[C@H]2C=Nc3cc(OCc4cc(OCCN5CCN(C(=O)CCC(C)(C)SCC(=O)NCCOCCC)CC5)cc(COc5cc6c(cc5OC)C(=O)N5C/C(=C/C)C[C@H]5C=N6)n4)c(OC)cc3C(=O)N2C1. The maximum absolute atomic E-state index is 13.8. The number of rotatable bonds is 23. The van der Waals surface area contributed by atoms with Crippen molar-refractivity contribution >= 4 is 59.2 Å². The highest BCUT2D eigenvalue weighted by Crippen LogP contribution is 2.41. The quantitative estimate of drug-likeness (QED) is 0.0734. The highest BCUT2D eigenvalue weighted by Gasteiger charge is 2.36. The number of thioether (sulfide) groups is 1. The maximum atomic E-state index is 13.8. The average Bonchev–Trinajstić information content (AvgIpc) is 3.99. The molecule has 402 valence electrons. The lowest BCUT2D eigenvalue weighted by atomic mass is 10.1. The fourth-order valence-electron chi connectivity index (χ4n) is 9.66. The maximum Gasteiger partial charge on any atom is 0.257 e. The average molecular weight is 1050 g/mol. The number of methoxy groups -OCH3 is 2. The van der Waals surface area contributed by atoms with Gasteiger partial charge in [0.2, 0.25) is 11.8 Å². The van der Waals surface area contributed by atoms with Crippen LogP contribution in [0.15, 0.2) is 69.7 Å². The molecule has 18 nitrogen and oxygen atoms in total. The molecule has 0 unspecified atom stereocenters. The molecule has 8 rings (SSSR count). The van der Waals surface area contributed by atoms with Gasteiger partial charge in [-0.1, -0.05) is 44.1 Å². The summed E-state index contributed by atoms with van der Waals surface area (Å²) in [5.41, 5.74) is 5.39. The van der Waals surface area contributed by atoms with Crippen molar-refractivity contribution in [1.82, 2.24) is 29.9 Å². The van der Waals surface area contributed by atoms with Crippen LogP contribution in [-0.4, -0.2) is 170 Å². The molecule has 5 aliphatic rings. The number of hydrogen-bond donors (Lipinski definition) is 1. The summed E-state index contributed by atoms with van der Waals surface area (Å²) >= 11 is 1.57. The summed E-state index contributed by atoms with van der Waals surface area (Å²) in [7, 11) is 3.08. The lowest BCUT2D eigenvalue weighted by Gasteiger charge is -2.35. The van der Waals surface area contributed by atoms with Crippen LogP contribution >= 0.6 is 11.8 Å². The molecule has 5 aliphatic heterocycles. The fraction of sp³-hybridized carbons (Fsp3) is 0.518. The van der Waals surface area contributed by atoms with Crippen LogP contribution in [0, 0.1) is 0 Å². The number of nitrogens with zero attached hydrogens (tertiary/aromatic N) is 7. The molecule has 2 aromatic carbocycles. The number of carbonyl (C=O) groups excluding carboxylic acids is 4. The third-order valence-corrected chi connectivity index (χ3v) is 15.5. The molecule has 75 heavy (non-hydrogen) atoms. The van der Waals surface area contributed by atoms with Crippen molar-refractivity contribution in [3.8, 4) is 28.7 Å². The lowest BCUT2D eigenvalue weighted by molar-refractivity contribution is -0.133. The Morgan fingerprint density at radius 1 is 0.747 bits per heavy atom. The Morgan fingerprint density at radius 2 is 1.31 bits per heavy atom. The van der Waals surface area contributed by atoms with Gasteiger partial charge in [-0.2, -0.15) is 0 Å². The number of allylic oxidation sites excluding steroid dienone is 2. The van der Waals surface area contributed by atoms with Crippen molar-refractivity contribution < 1.29 is 47.6 Å². The van der Waals surface area contributed by atoms with E-state index in [0.29, 0.717) is 153 Å². The Bertz CT molecular complexity index is 2560. The number of benzene rings is 2. The second kappa shape index (κ2) is 25.4. The third-order valence-electron chi connectivity index (χ3n) is 14.1. The first kappa shape index (κ1) is 54.8. The summed E-state index contributed by atoms with van der Waals surface area (Å²) in [6.07, 6.45) is 11.3. The number of aromatic nitrogens is 1. The van der Waals surface area contributed by atoms with E-state index in [9.17, 15) is 19.2 Å². The van der Waals surface area contributed by atoms with Gasteiger partial charge < -0.3 is 48.4 Å². The Balaban J connectivity index is 0.909. The van der Waals surface area contributed by atoms with Crippen molar-refractivity contribution in [3.05, 3.63) is 82.2 Å². The first-order valence-corrected chi connectivity index (χ1v) is 27.1. The number of ether oxygens (including phenoxy) is 6. The number of piperazine rings is 1. The Morgan fingerprint density at radius 3 is 1.83 bits per heavy atom. The Kier molecular flexibility index (Phi) is 18.6. The van der Waals surface area contributed by atoms with Crippen molar-refractivity contribution in [2.75, 3.05) is 92.2 Å². The van der Waals surface area contributed by atoms with Crippen LogP contribution in [0.4, 0.5) is 11.4 Å². The van der Waals surface area contributed by atoms with Crippen LogP contribution in [0.5, 0.6) is 28.7 Å². The van der Waals surface area contributed by atoms with Crippen molar-refractivity contribution in [3.63, 3.8) is 0 Å². The minimum absolute atomic E-state index is 0.0253. The van der Waals surface area contributed by atoms with E-state index in [4.69, 9.17) is 43.4 Å². The highest BCUT2D eigenvalue weighted by molar-refractivity contribution is 8.01. The van der Waals surface area contributed by atoms with Gasteiger partial charge in [-0.05, 0) is 51.7 Å². The predicted molar refractivity (Wildman–Crippen MR) is 290 cm³/mol. The van der Waals surface area contributed by atoms with Gasteiger partial charge in [-0.3, -0.25) is 39.0 Å². The van der Waals surface area contributed by atoms with Crippen LogP contribution in [0.25, 0.3) is 0 Å². The lowest BCUT2D eigenvalue weighted by Crippen LogP contribution is -2.49. The molecular formula is C56H72N8O10S. The smallest absolute Gasteiger partial charge is 0.257 e. The van der Waals surface area contributed by atoms with Crippen LogP contribution in [0.2, 0.25) is 0 Å². The first-order valence-electron chi connectivity index (χ1n) is 26.1. The van der Waals surface area contributed by atoms with Gasteiger partial charge >= 0.3 is 0 Å². The molecule has 1 aromatic heterocycles. The van der Waals surface area contributed by atoms with Gasteiger partial charge in [0.1, 0.15) is 25.6 Å². The zero-order valence-electron chi connectivity index (χ0n) is 44.5. The minimum atomic E-state index is -0.228. The molecule has 3 aromatic rings. The monoisotopic (exact) mass is 1050 g/mol. The number of hydrogen-bond acceptors (Lipinski definition) is 15. The number of amides is 4. The van der Waals surface area contributed by atoms with Gasteiger partial charge in [0.15, 0.2) is 23.0 Å². The minimum Gasteiger partial charge on any atom is -0.493 e. The molecule has 0 radical (unpaired) electrons. The third kappa shape index (κ3) is 13.9. The van der Waals surface area contributed by atoms with Gasteiger partial charge in [-0.25, -0.2) is 0 Å². The van der Waals surface area contributed by atoms with Crippen molar-refractivity contribution in [2.45, 2.75) is 96.8 Å². The molecule has 0 aliphatic carbocycles. The number of pyridine rings is 1. The molecule has 0 spiro atoms. The second-order valence-corrected chi connectivity index (χ2v) is 21.5. The van der Waals surface area contributed by atoms with Gasteiger partial charge in [0, 0.05) is 107 Å². The van der Waals surface area contributed by atoms with E-state index in [0.717, 1.165) is 19.3 Å². The van der Waals surface area contributed by atoms with E-state index >= 15 is 0 Å². The van der Waals surface area contributed by atoms with E-state index in [-0.39, 0.29) is 53.7 Å². The molecule has 2 atom stereocenters. The van der Waals surface area contributed by atoms with Crippen LogP contribution < -0.4 is 29.0 Å². The number of fused-ring (bicyclic) bond motifs is 4. The highest BCUT2D eigenvalue weighted by atomic mass is 32.2. The van der Waals surface area contributed by atoms with Crippen LogP contribution in [-0.2, 0) is 27.5 Å². The van der Waals surface area contributed by atoms with E-state index < -0.39 is 0 Å². The molecule has 0 bridgehead atoms. The summed E-state index contributed by atoms with van der Waals surface area (Å²) in [6.45, 7) is 16.7. The van der Waals surface area contributed by atoms with E-state index in [1.54, 1.807) is 36.0 Å². The zero-order valence-corrected chi connectivity index (χ0v) is 45.3. The largest absolute Gasteiger partial charge is 0.493 e. The molecule has 19 heteroatoms. The second-order valence-electron chi connectivity index (χ2n) is 19.8. The summed E-state index contributed by atoms with van der Waals surface area (Å²) < 4.78 is 36.0. The first-order chi connectivity index (χ1) is 36.3. The molecule has 1 N–H and O–H groups in total. The summed E-state index contributed by atoms with van der Waals surface area (Å²) in [6, 6.07) is 10.3. The number of nitrogens with one attached hydrogen (secondary N) is 1. The van der Waals surface area contributed by atoms with Crippen molar-refractivity contribution in [2.24, 2.45) is 9.98 Å². The van der Waals surface area contributed by atoms with Gasteiger partial charge in [-0.15, -0.1) is 11.8 Å². The molecule has 0 saturated carbocycles. The zero-order chi connectivity index (χ0) is 53.1. The van der Waals surface area contributed by atoms with Gasteiger partial charge in [0.25, 0.3) is 11.8 Å². The molecule has 6 heterocycles. The van der Waals surface area contributed by atoms with Crippen molar-refractivity contribution in [1.29, 1.82) is 0 Å². The Hall–Kier alpha value is -6.44. The topological polar surface area (TPSA) is 186 Å². The normalized spacial score (nSPS) is 19.4.